The van der Waals surface area contributed by atoms with E-state index in [0.717, 1.165) is 0 Å². The molecule has 0 fully saturated rings. The average molecular weight is 301 g/mol. The minimum absolute atomic E-state index is 0.247. The number of carbonyl (C=O) groups is 1. The molecular formula is C17H19NO4. The number of nitrogens with one attached hydrogen (secondary N) is 1. The van der Waals surface area contributed by atoms with Crippen molar-refractivity contribution in [3.8, 4) is 17.2 Å². The minimum Gasteiger partial charge on any atom is -0.496 e. The summed E-state index contributed by atoms with van der Waals surface area (Å²) < 4.78 is 15.9. The van der Waals surface area contributed by atoms with Gasteiger partial charge in [0.1, 0.15) is 5.75 Å². The summed E-state index contributed by atoms with van der Waals surface area (Å²) in [7, 11) is 3.09. The molecule has 2 aromatic rings. The van der Waals surface area contributed by atoms with Gasteiger partial charge in [-0.25, -0.2) is 0 Å². The molecule has 0 spiro atoms. The molecule has 0 aliphatic rings. The first-order chi connectivity index (χ1) is 10.7. The third-order valence-electron chi connectivity index (χ3n) is 3.07. The van der Waals surface area contributed by atoms with E-state index in [1.165, 1.54) is 7.11 Å². The summed E-state index contributed by atoms with van der Waals surface area (Å²) in [6.07, 6.45) is 0. The number of ether oxygens (including phenoxy) is 3. The Bertz CT molecular complexity index is 655. The van der Waals surface area contributed by atoms with Gasteiger partial charge < -0.3 is 19.5 Å². The smallest absolute Gasteiger partial charge is 0.259 e. The lowest BCUT2D eigenvalue weighted by atomic mass is 10.2. The molecule has 0 aliphatic carbocycles. The predicted molar refractivity (Wildman–Crippen MR) is 85.1 cm³/mol. The van der Waals surface area contributed by atoms with Gasteiger partial charge in [0.2, 0.25) is 0 Å². The quantitative estimate of drug-likeness (QED) is 0.889. The zero-order valence-electron chi connectivity index (χ0n) is 12.9. The van der Waals surface area contributed by atoms with Crippen molar-refractivity contribution in [2.45, 2.75) is 6.92 Å². The van der Waals surface area contributed by atoms with Gasteiger partial charge in [0.25, 0.3) is 5.91 Å². The van der Waals surface area contributed by atoms with Gasteiger partial charge in [0.15, 0.2) is 11.5 Å². The molecule has 2 rings (SSSR count). The van der Waals surface area contributed by atoms with E-state index >= 15 is 0 Å². The van der Waals surface area contributed by atoms with Crippen LogP contribution in [0.5, 0.6) is 17.2 Å². The SMILES string of the molecule is CCOc1ccc(NC(=O)c2ccccc2OC)cc1OC. The number of benzene rings is 2. The van der Waals surface area contributed by atoms with Crippen molar-refractivity contribution in [1.29, 1.82) is 0 Å². The van der Waals surface area contributed by atoms with E-state index < -0.39 is 0 Å². The van der Waals surface area contributed by atoms with Crippen LogP contribution in [0.25, 0.3) is 0 Å². The summed E-state index contributed by atoms with van der Waals surface area (Å²) in [6, 6.07) is 12.3. The Hall–Kier alpha value is -2.69. The van der Waals surface area contributed by atoms with E-state index in [0.29, 0.717) is 35.1 Å². The van der Waals surface area contributed by atoms with E-state index in [2.05, 4.69) is 5.32 Å². The molecule has 22 heavy (non-hydrogen) atoms. The number of carbonyl (C=O) groups excluding carboxylic acids is 1. The third kappa shape index (κ3) is 3.49. The van der Waals surface area contributed by atoms with Crippen LogP contribution in [0.2, 0.25) is 0 Å². The van der Waals surface area contributed by atoms with Crippen molar-refractivity contribution >= 4 is 11.6 Å². The lowest BCUT2D eigenvalue weighted by Crippen LogP contribution is -2.13. The number of methoxy groups -OCH3 is 2. The van der Waals surface area contributed by atoms with Gasteiger partial charge in [-0.3, -0.25) is 4.79 Å². The maximum atomic E-state index is 12.3. The van der Waals surface area contributed by atoms with Crippen LogP contribution in [-0.2, 0) is 0 Å². The molecule has 0 saturated heterocycles. The zero-order chi connectivity index (χ0) is 15.9. The fourth-order valence-corrected chi connectivity index (χ4v) is 2.05. The molecule has 0 aromatic heterocycles. The maximum Gasteiger partial charge on any atom is 0.259 e. The number of para-hydroxylation sites is 1. The summed E-state index contributed by atoms with van der Waals surface area (Å²) in [6.45, 7) is 2.44. The molecule has 1 amide bonds. The highest BCUT2D eigenvalue weighted by atomic mass is 16.5. The van der Waals surface area contributed by atoms with E-state index in [9.17, 15) is 4.79 Å². The summed E-state index contributed by atoms with van der Waals surface area (Å²) in [5, 5.41) is 2.82. The molecule has 0 radical (unpaired) electrons. The zero-order valence-corrected chi connectivity index (χ0v) is 12.9. The highest BCUT2D eigenvalue weighted by Crippen LogP contribution is 2.30. The Labute approximate surface area is 129 Å². The fraction of sp³-hybridized carbons (Fsp3) is 0.235. The molecule has 5 heteroatoms. The highest BCUT2D eigenvalue weighted by molar-refractivity contribution is 6.06. The average Bonchev–Trinajstić information content (AvgIpc) is 2.56. The second-order valence-corrected chi connectivity index (χ2v) is 4.45. The van der Waals surface area contributed by atoms with Crippen LogP contribution in [0.4, 0.5) is 5.69 Å². The second kappa shape index (κ2) is 7.36. The highest BCUT2D eigenvalue weighted by Gasteiger charge is 2.13. The third-order valence-corrected chi connectivity index (χ3v) is 3.07. The minimum atomic E-state index is -0.247. The number of anilines is 1. The first-order valence-electron chi connectivity index (χ1n) is 6.94. The maximum absolute atomic E-state index is 12.3. The normalized spacial score (nSPS) is 9.95. The molecule has 0 unspecified atom stereocenters. The Morgan fingerprint density at radius 2 is 1.73 bits per heavy atom. The molecule has 116 valence electrons. The number of hydrogen-bond donors (Lipinski definition) is 1. The molecular weight excluding hydrogens is 282 g/mol. The van der Waals surface area contributed by atoms with Gasteiger partial charge in [-0.2, -0.15) is 0 Å². The van der Waals surface area contributed by atoms with Crippen LogP contribution < -0.4 is 19.5 Å². The van der Waals surface area contributed by atoms with Crippen LogP contribution >= 0.6 is 0 Å². The van der Waals surface area contributed by atoms with Crippen molar-refractivity contribution in [2.24, 2.45) is 0 Å². The Morgan fingerprint density at radius 1 is 1.00 bits per heavy atom. The van der Waals surface area contributed by atoms with E-state index in [-0.39, 0.29) is 5.91 Å². The van der Waals surface area contributed by atoms with Crippen molar-refractivity contribution < 1.29 is 19.0 Å². The second-order valence-electron chi connectivity index (χ2n) is 4.45. The van der Waals surface area contributed by atoms with Crippen molar-refractivity contribution in [3.05, 3.63) is 48.0 Å². The Balaban J connectivity index is 2.21. The molecule has 0 heterocycles. The van der Waals surface area contributed by atoms with Crippen LogP contribution in [0.3, 0.4) is 0 Å². The molecule has 0 saturated carbocycles. The van der Waals surface area contributed by atoms with Gasteiger partial charge >= 0.3 is 0 Å². The van der Waals surface area contributed by atoms with E-state index in [1.54, 1.807) is 43.5 Å². The van der Waals surface area contributed by atoms with Gasteiger partial charge in [-0.15, -0.1) is 0 Å². The van der Waals surface area contributed by atoms with Crippen LogP contribution in [0.15, 0.2) is 42.5 Å². The number of hydrogen-bond acceptors (Lipinski definition) is 4. The number of amides is 1. The molecule has 0 bridgehead atoms. The monoisotopic (exact) mass is 301 g/mol. The summed E-state index contributed by atoms with van der Waals surface area (Å²) in [5.41, 5.74) is 1.09. The Kier molecular flexibility index (Phi) is 5.25. The first kappa shape index (κ1) is 15.7. The van der Waals surface area contributed by atoms with Crippen molar-refractivity contribution in [2.75, 3.05) is 26.1 Å². The Morgan fingerprint density at radius 3 is 2.41 bits per heavy atom. The molecule has 2 aromatic carbocycles. The lowest BCUT2D eigenvalue weighted by Gasteiger charge is -2.12. The van der Waals surface area contributed by atoms with Gasteiger partial charge in [-0.1, -0.05) is 12.1 Å². The van der Waals surface area contributed by atoms with Gasteiger partial charge in [0.05, 0.1) is 26.4 Å². The predicted octanol–water partition coefficient (Wildman–Crippen LogP) is 3.35. The van der Waals surface area contributed by atoms with Crippen molar-refractivity contribution in [1.82, 2.24) is 0 Å². The number of rotatable bonds is 6. The fourth-order valence-electron chi connectivity index (χ4n) is 2.05. The molecule has 0 aliphatic heterocycles. The molecule has 0 atom stereocenters. The lowest BCUT2D eigenvalue weighted by molar-refractivity contribution is 0.102. The van der Waals surface area contributed by atoms with Crippen LogP contribution in [0.1, 0.15) is 17.3 Å². The standard InChI is InChI=1S/C17H19NO4/c1-4-22-15-10-9-12(11-16(15)21-3)18-17(19)13-7-5-6-8-14(13)20-2/h5-11H,4H2,1-3H3,(H,18,19). The largest absolute Gasteiger partial charge is 0.496 e. The van der Waals surface area contributed by atoms with E-state index in [1.807, 2.05) is 13.0 Å². The molecule has 1 N–H and O–H groups in total. The van der Waals surface area contributed by atoms with Crippen LogP contribution in [-0.4, -0.2) is 26.7 Å². The topological polar surface area (TPSA) is 56.8 Å². The summed E-state index contributed by atoms with van der Waals surface area (Å²) in [5.74, 6) is 1.49. The summed E-state index contributed by atoms with van der Waals surface area (Å²) >= 11 is 0. The van der Waals surface area contributed by atoms with Crippen LogP contribution in [0, 0.1) is 0 Å². The first-order valence-corrected chi connectivity index (χ1v) is 6.94. The van der Waals surface area contributed by atoms with Crippen molar-refractivity contribution in [3.63, 3.8) is 0 Å². The van der Waals surface area contributed by atoms with E-state index in [4.69, 9.17) is 14.2 Å². The van der Waals surface area contributed by atoms with Gasteiger partial charge in [0, 0.05) is 11.8 Å². The molecule has 5 nitrogen and oxygen atoms in total. The summed E-state index contributed by atoms with van der Waals surface area (Å²) in [4.78, 5) is 12.3. The van der Waals surface area contributed by atoms with Gasteiger partial charge in [-0.05, 0) is 31.2 Å².